The Hall–Kier alpha value is -2.17. The first-order chi connectivity index (χ1) is 18.5. The summed E-state index contributed by atoms with van der Waals surface area (Å²) in [5.41, 5.74) is 2.76. The highest BCUT2D eigenvalue weighted by atomic mass is 35.5. The Morgan fingerprint density at radius 3 is 2.33 bits per heavy atom. The van der Waals surface area contributed by atoms with E-state index in [1.165, 1.54) is 0 Å². The number of hydrogen-bond acceptors (Lipinski definition) is 6. The van der Waals surface area contributed by atoms with Gasteiger partial charge in [0.25, 0.3) is 0 Å². The summed E-state index contributed by atoms with van der Waals surface area (Å²) in [5, 5.41) is 0.584. The summed E-state index contributed by atoms with van der Waals surface area (Å²) in [5.74, 6) is 0.408. The molecule has 2 aromatic carbocycles. The molecular formula is C29H43ClN4O4S. The van der Waals surface area contributed by atoms with Crippen LogP contribution in [0.25, 0.3) is 0 Å². The topological polar surface area (TPSA) is 82.2 Å². The van der Waals surface area contributed by atoms with Gasteiger partial charge in [0.15, 0.2) is 0 Å². The van der Waals surface area contributed by atoms with E-state index in [0.29, 0.717) is 35.0 Å². The van der Waals surface area contributed by atoms with Crippen LogP contribution in [0.5, 0.6) is 5.75 Å². The highest BCUT2D eigenvalue weighted by Gasteiger charge is 2.31. The smallest absolute Gasteiger partial charge is 0.241 e. The van der Waals surface area contributed by atoms with Crippen molar-refractivity contribution >= 4 is 27.5 Å². The summed E-state index contributed by atoms with van der Waals surface area (Å²) in [7, 11) is -0.319. The quantitative estimate of drug-likeness (QED) is 0.414. The summed E-state index contributed by atoms with van der Waals surface area (Å²) >= 11 is 6.07. The van der Waals surface area contributed by atoms with E-state index in [2.05, 4.69) is 21.6 Å². The fraction of sp³-hybridized carbons (Fsp3) is 0.552. The van der Waals surface area contributed by atoms with E-state index in [-0.39, 0.29) is 17.2 Å². The third-order valence-electron chi connectivity index (χ3n) is 7.61. The molecule has 0 spiro atoms. The molecule has 1 fully saturated rings. The number of amides is 1. The fourth-order valence-corrected chi connectivity index (χ4v) is 6.97. The van der Waals surface area contributed by atoms with Crippen molar-refractivity contribution in [3.63, 3.8) is 0 Å². The van der Waals surface area contributed by atoms with Crippen LogP contribution in [0.1, 0.15) is 35.6 Å². The van der Waals surface area contributed by atoms with Gasteiger partial charge in [-0.1, -0.05) is 23.7 Å². The van der Waals surface area contributed by atoms with Crippen molar-refractivity contribution < 1.29 is 17.9 Å². The van der Waals surface area contributed by atoms with Gasteiger partial charge in [0.05, 0.1) is 12.0 Å². The molecule has 0 aromatic heterocycles. The molecule has 10 heteroatoms. The minimum atomic E-state index is -4.02. The summed E-state index contributed by atoms with van der Waals surface area (Å²) in [6.45, 7) is 13.4. The second-order valence-electron chi connectivity index (χ2n) is 10.4. The number of carbonyl (C=O) groups is 1. The number of nitrogens with zero attached hydrogens (tertiary/aromatic N) is 3. The summed E-state index contributed by atoms with van der Waals surface area (Å²) in [4.78, 5) is 20.5. The highest BCUT2D eigenvalue weighted by Crippen LogP contribution is 2.30. The fourth-order valence-electron chi connectivity index (χ4n) is 5.13. The number of benzene rings is 2. The van der Waals surface area contributed by atoms with Crippen molar-refractivity contribution in [2.75, 3.05) is 60.0 Å². The van der Waals surface area contributed by atoms with Crippen LogP contribution in [-0.4, -0.2) is 95.0 Å². The van der Waals surface area contributed by atoms with E-state index in [1.807, 2.05) is 26.0 Å². The lowest BCUT2D eigenvalue weighted by molar-refractivity contribution is -0.132. The number of nitrogens with one attached hydrogen (secondary N) is 1. The van der Waals surface area contributed by atoms with Crippen LogP contribution in [0.3, 0.4) is 0 Å². The Morgan fingerprint density at radius 1 is 1.10 bits per heavy atom. The van der Waals surface area contributed by atoms with Crippen LogP contribution >= 0.6 is 11.6 Å². The molecule has 216 valence electrons. The molecule has 0 saturated carbocycles. The SMILES string of the molecule is CCN(CCCN1CCN(C)CC1)C(=O)[C@H](Cc1ccc(Cl)cc1)NS(=O)(=O)c1c(C)cc(OC)c(C)c1C. The van der Waals surface area contributed by atoms with Crippen LogP contribution in [0.4, 0.5) is 0 Å². The summed E-state index contributed by atoms with van der Waals surface area (Å²) in [6, 6.07) is 7.93. The Labute approximate surface area is 239 Å². The number of sulfonamides is 1. The number of halogens is 1. The van der Waals surface area contributed by atoms with Crippen LogP contribution in [0, 0.1) is 20.8 Å². The van der Waals surface area contributed by atoms with E-state index in [0.717, 1.165) is 50.3 Å². The average molecular weight is 579 g/mol. The molecule has 1 heterocycles. The maximum atomic E-state index is 13.8. The van der Waals surface area contributed by atoms with Crippen molar-refractivity contribution in [2.45, 2.75) is 51.5 Å². The number of likely N-dealkylation sites (N-methyl/N-ethyl adjacent to an activating group) is 2. The van der Waals surface area contributed by atoms with Crippen molar-refractivity contribution in [3.8, 4) is 5.75 Å². The summed E-state index contributed by atoms with van der Waals surface area (Å²) in [6.07, 6.45) is 1.05. The van der Waals surface area contributed by atoms with Gasteiger partial charge in [0.2, 0.25) is 15.9 Å². The zero-order valence-electron chi connectivity index (χ0n) is 24.1. The first kappa shape index (κ1) is 31.4. The van der Waals surface area contributed by atoms with Crippen LogP contribution < -0.4 is 9.46 Å². The van der Waals surface area contributed by atoms with E-state index in [9.17, 15) is 13.2 Å². The van der Waals surface area contributed by atoms with Crippen molar-refractivity contribution in [1.82, 2.24) is 19.4 Å². The third-order valence-corrected chi connectivity index (χ3v) is 9.62. The average Bonchev–Trinajstić information content (AvgIpc) is 2.90. The molecule has 8 nitrogen and oxygen atoms in total. The first-order valence-corrected chi connectivity index (χ1v) is 15.4. The van der Waals surface area contributed by atoms with Gasteiger partial charge < -0.3 is 19.4 Å². The second-order valence-corrected chi connectivity index (χ2v) is 12.5. The van der Waals surface area contributed by atoms with Crippen molar-refractivity contribution in [2.24, 2.45) is 0 Å². The highest BCUT2D eigenvalue weighted by molar-refractivity contribution is 7.89. The molecule has 0 bridgehead atoms. The van der Waals surface area contributed by atoms with Crippen molar-refractivity contribution in [3.05, 3.63) is 57.6 Å². The Balaban J connectivity index is 1.83. The molecule has 0 unspecified atom stereocenters. The van der Waals surface area contributed by atoms with Gasteiger partial charge in [-0.15, -0.1) is 0 Å². The monoisotopic (exact) mass is 578 g/mol. The minimum Gasteiger partial charge on any atom is -0.496 e. The van der Waals surface area contributed by atoms with E-state index in [4.69, 9.17) is 16.3 Å². The normalized spacial score (nSPS) is 15.8. The number of hydrogen-bond donors (Lipinski definition) is 1. The molecule has 3 rings (SSSR count). The van der Waals surface area contributed by atoms with Crippen LogP contribution in [0.15, 0.2) is 35.2 Å². The van der Waals surface area contributed by atoms with Gasteiger partial charge in [0, 0.05) is 44.3 Å². The number of aryl methyl sites for hydroxylation is 1. The van der Waals surface area contributed by atoms with Crippen LogP contribution in [0.2, 0.25) is 5.02 Å². The first-order valence-electron chi connectivity index (χ1n) is 13.6. The number of piperazine rings is 1. The minimum absolute atomic E-state index is 0.188. The molecule has 1 aliphatic heterocycles. The maximum Gasteiger partial charge on any atom is 0.241 e. The van der Waals surface area contributed by atoms with E-state index in [1.54, 1.807) is 44.1 Å². The maximum absolute atomic E-state index is 13.8. The molecule has 1 saturated heterocycles. The number of ether oxygens (including phenoxy) is 1. The molecule has 2 aromatic rings. The van der Waals surface area contributed by atoms with Gasteiger partial charge in [-0.25, -0.2) is 8.42 Å². The lowest BCUT2D eigenvalue weighted by Crippen LogP contribution is -2.50. The van der Waals surface area contributed by atoms with E-state index >= 15 is 0 Å². The molecule has 1 aliphatic rings. The molecule has 1 N–H and O–H groups in total. The van der Waals surface area contributed by atoms with Gasteiger partial charge in [-0.3, -0.25) is 4.79 Å². The predicted molar refractivity (Wildman–Crippen MR) is 157 cm³/mol. The van der Waals surface area contributed by atoms with Gasteiger partial charge in [0.1, 0.15) is 11.8 Å². The van der Waals surface area contributed by atoms with Crippen LogP contribution in [-0.2, 0) is 21.2 Å². The molecule has 39 heavy (non-hydrogen) atoms. The largest absolute Gasteiger partial charge is 0.496 e. The molecule has 0 radical (unpaired) electrons. The van der Waals surface area contributed by atoms with Gasteiger partial charge >= 0.3 is 0 Å². The number of rotatable bonds is 12. The zero-order valence-corrected chi connectivity index (χ0v) is 25.7. The van der Waals surface area contributed by atoms with Crippen molar-refractivity contribution in [1.29, 1.82) is 0 Å². The predicted octanol–water partition coefficient (Wildman–Crippen LogP) is 3.65. The molecule has 1 amide bonds. The third kappa shape index (κ3) is 8.17. The Morgan fingerprint density at radius 2 is 1.74 bits per heavy atom. The Bertz CT molecular complexity index is 1230. The number of carbonyl (C=O) groups excluding carboxylic acids is 1. The van der Waals surface area contributed by atoms with Gasteiger partial charge in [-0.05, 0) is 94.6 Å². The molecule has 1 atom stereocenters. The molecule has 0 aliphatic carbocycles. The van der Waals surface area contributed by atoms with Gasteiger partial charge in [-0.2, -0.15) is 4.72 Å². The molecular weight excluding hydrogens is 536 g/mol. The van der Waals surface area contributed by atoms with E-state index < -0.39 is 16.1 Å². The second kappa shape index (κ2) is 13.9. The Kier molecular flexibility index (Phi) is 11.2. The zero-order chi connectivity index (χ0) is 28.7. The lowest BCUT2D eigenvalue weighted by atomic mass is 10.1. The standard InChI is InChI=1S/C29H43ClN4O4S/c1-7-34(14-8-13-33-17-15-32(5)16-18-33)29(35)26(20-24-9-11-25(30)12-10-24)31-39(36,37)28-21(2)19-27(38-6)22(3)23(28)4/h9-12,19,26,31H,7-8,13-18,20H2,1-6H3/t26-/m0/s1. The lowest BCUT2D eigenvalue weighted by Gasteiger charge is -2.33. The summed E-state index contributed by atoms with van der Waals surface area (Å²) < 4.78 is 35.8. The number of methoxy groups -OCH3 is 1.